The Balaban J connectivity index is 2.60. The van der Waals surface area contributed by atoms with Crippen molar-refractivity contribution in [3.05, 3.63) is 28.2 Å². The lowest BCUT2D eigenvalue weighted by atomic mass is 10.1. The SMILES string of the molecule is C[C@H](O)c1ccc(N(C)CCCCCO)c(Br)c1. The molecule has 0 amide bonds. The Kier molecular flexibility index (Phi) is 6.68. The highest BCUT2D eigenvalue weighted by molar-refractivity contribution is 9.10. The summed E-state index contributed by atoms with van der Waals surface area (Å²) < 4.78 is 1.01. The molecule has 0 aliphatic carbocycles. The van der Waals surface area contributed by atoms with Crippen LogP contribution in [0.5, 0.6) is 0 Å². The van der Waals surface area contributed by atoms with Gasteiger partial charge >= 0.3 is 0 Å². The molecule has 0 heterocycles. The van der Waals surface area contributed by atoms with Crippen molar-refractivity contribution in [2.45, 2.75) is 32.3 Å². The quantitative estimate of drug-likeness (QED) is 0.760. The van der Waals surface area contributed by atoms with Gasteiger partial charge < -0.3 is 15.1 Å². The summed E-state index contributed by atoms with van der Waals surface area (Å²) in [4.78, 5) is 2.19. The zero-order valence-electron chi connectivity index (χ0n) is 11.1. The summed E-state index contributed by atoms with van der Waals surface area (Å²) in [6.45, 7) is 3.00. The lowest BCUT2D eigenvalue weighted by Crippen LogP contribution is -2.19. The minimum absolute atomic E-state index is 0.274. The number of nitrogens with zero attached hydrogens (tertiary/aromatic N) is 1. The Morgan fingerprint density at radius 1 is 1.28 bits per heavy atom. The van der Waals surface area contributed by atoms with E-state index in [1.54, 1.807) is 6.92 Å². The number of rotatable bonds is 7. The molecule has 1 atom stereocenters. The Bertz CT molecular complexity index is 369. The maximum Gasteiger partial charge on any atom is 0.0762 e. The van der Waals surface area contributed by atoms with Crippen molar-refractivity contribution in [1.82, 2.24) is 0 Å². The van der Waals surface area contributed by atoms with E-state index in [4.69, 9.17) is 5.11 Å². The summed E-state index contributed by atoms with van der Waals surface area (Å²) in [5, 5.41) is 18.3. The Morgan fingerprint density at radius 3 is 2.56 bits per heavy atom. The number of hydrogen-bond acceptors (Lipinski definition) is 3. The number of benzene rings is 1. The van der Waals surface area contributed by atoms with Crippen LogP contribution in [0.1, 0.15) is 37.9 Å². The zero-order chi connectivity index (χ0) is 13.5. The number of aliphatic hydroxyl groups is 2. The van der Waals surface area contributed by atoms with Crippen molar-refractivity contribution < 1.29 is 10.2 Å². The van der Waals surface area contributed by atoms with Crippen LogP contribution < -0.4 is 4.90 Å². The number of hydrogen-bond donors (Lipinski definition) is 2. The molecular formula is C14H22BrNO2. The average Bonchev–Trinajstić information content (AvgIpc) is 2.34. The van der Waals surface area contributed by atoms with Gasteiger partial charge in [0.1, 0.15) is 0 Å². The molecule has 18 heavy (non-hydrogen) atoms. The summed E-state index contributed by atoms with van der Waals surface area (Å²) >= 11 is 3.55. The first-order valence-corrected chi connectivity index (χ1v) is 7.15. The van der Waals surface area contributed by atoms with Crippen molar-refractivity contribution in [2.75, 3.05) is 25.1 Å². The van der Waals surface area contributed by atoms with Gasteiger partial charge in [0.2, 0.25) is 0 Å². The Labute approximate surface area is 118 Å². The van der Waals surface area contributed by atoms with E-state index in [1.807, 2.05) is 18.2 Å². The van der Waals surface area contributed by atoms with E-state index >= 15 is 0 Å². The molecule has 1 aromatic rings. The normalized spacial score (nSPS) is 12.5. The summed E-state index contributed by atoms with van der Waals surface area (Å²) in [6.07, 6.45) is 2.55. The molecule has 0 unspecified atom stereocenters. The molecule has 0 radical (unpaired) electrons. The third-order valence-electron chi connectivity index (χ3n) is 3.02. The predicted octanol–water partition coefficient (Wildman–Crippen LogP) is 3.10. The molecule has 102 valence electrons. The number of halogens is 1. The fourth-order valence-corrected chi connectivity index (χ4v) is 2.55. The summed E-state index contributed by atoms with van der Waals surface area (Å²) in [7, 11) is 2.06. The highest BCUT2D eigenvalue weighted by Crippen LogP contribution is 2.28. The van der Waals surface area contributed by atoms with E-state index in [9.17, 15) is 5.11 Å². The van der Waals surface area contributed by atoms with Crippen LogP contribution in [-0.2, 0) is 0 Å². The molecule has 1 rings (SSSR count). The van der Waals surface area contributed by atoms with Gasteiger partial charge in [-0.2, -0.15) is 0 Å². The van der Waals surface area contributed by atoms with E-state index in [2.05, 4.69) is 27.9 Å². The molecule has 0 spiro atoms. The number of aliphatic hydroxyl groups excluding tert-OH is 2. The lowest BCUT2D eigenvalue weighted by Gasteiger charge is -2.21. The highest BCUT2D eigenvalue weighted by Gasteiger charge is 2.08. The number of anilines is 1. The van der Waals surface area contributed by atoms with Gasteiger partial charge in [0.15, 0.2) is 0 Å². The fourth-order valence-electron chi connectivity index (χ4n) is 1.85. The minimum Gasteiger partial charge on any atom is -0.396 e. The van der Waals surface area contributed by atoms with Crippen LogP contribution in [-0.4, -0.2) is 30.4 Å². The second kappa shape index (κ2) is 7.77. The van der Waals surface area contributed by atoms with Crippen molar-refractivity contribution in [1.29, 1.82) is 0 Å². The third-order valence-corrected chi connectivity index (χ3v) is 3.65. The van der Waals surface area contributed by atoms with Crippen LogP contribution in [0.25, 0.3) is 0 Å². The highest BCUT2D eigenvalue weighted by atomic mass is 79.9. The van der Waals surface area contributed by atoms with E-state index in [-0.39, 0.29) is 6.61 Å². The average molecular weight is 316 g/mol. The van der Waals surface area contributed by atoms with Gasteiger partial charge in [-0.25, -0.2) is 0 Å². The molecule has 4 heteroatoms. The van der Waals surface area contributed by atoms with Gasteiger partial charge in [0.05, 0.1) is 11.8 Å². The molecule has 0 aromatic heterocycles. The molecule has 0 aliphatic rings. The summed E-state index contributed by atoms with van der Waals surface area (Å²) in [5.41, 5.74) is 2.04. The fraction of sp³-hybridized carbons (Fsp3) is 0.571. The van der Waals surface area contributed by atoms with E-state index in [1.165, 1.54) is 0 Å². The van der Waals surface area contributed by atoms with E-state index < -0.39 is 6.10 Å². The topological polar surface area (TPSA) is 43.7 Å². The smallest absolute Gasteiger partial charge is 0.0762 e. The molecule has 0 bridgehead atoms. The first-order chi connectivity index (χ1) is 8.56. The number of unbranched alkanes of at least 4 members (excludes halogenated alkanes) is 2. The predicted molar refractivity (Wildman–Crippen MR) is 79.0 cm³/mol. The van der Waals surface area contributed by atoms with Gasteiger partial charge in [0, 0.05) is 24.7 Å². The van der Waals surface area contributed by atoms with Crippen molar-refractivity contribution >= 4 is 21.6 Å². The Morgan fingerprint density at radius 2 is 2.00 bits per heavy atom. The van der Waals surface area contributed by atoms with Gasteiger partial charge in [-0.3, -0.25) is 0 Å². The second-order valence-electron chi connectivity index (χ2n) is 4.59. The van der Waals surface area contributed by atoms with Gasteiger partial charge in [-0.1, -0.05) is 6.07 Å². The summed E-state index contributed by atoms with van der Waals surface area (Å²) in [5.74, 6) is 0. The van der Waals surface area contributed by atoms with Crippen molar-refractivity contribution in [3.8, 4) is 0 Å². The van der Waals surface area contributed by atoms with Gasteiger partial charge in [0.25, 0.3) is 0 Å². The Hall–Kier alpha value is -0.580. The summed E-state index contributed by atoms with van der Waals surface area (Å²) in [6, 6.07) is 5.94. The van der Waals surface area contributed by atoms with Gasteiger partial charge in [-0.15, -0.1) is 0 Å². The molecule has 3 nitrogen and oxygen atoms in total. The van der Waals surface area contributed by atoms with Crippen LogP contribution >= 0.6 is 15.9 Å². The zero-order valence-corrected chi connectivity index (χ0v) is 12.7. The van der Waals surface area contributed by atoms with Crippen molar-refractivity contribution in [3.63, 3.8) is 0 Å². The van der Waals surface area contributed by atoms with Crippen LogP contribution in [0, 0.1) is 0 Å². The minimum atomic E-state index is -0.440. The standard InChI is InChI=1S/C14H22BrNO2/c1-11(18)12-6-7-14(13(15)10-12)16(2)8-4-3-5-9-17/h6-7,10-11,17-18H,3-5,8-9H2,1-2H3/t11-/m0/s1. The molecule has 0 saturated carbocycles. The molecule has 1 aromatic carbocycles. The molecular weight excluding hydrogens is 294 g/mol. The second-order valence-corrected chi connectivity index (χ2v) is 5.45. The van der Waals surface area contributed by atoms with E-state index in [0.717, 1.165) is 41.5 Å². The molecule has 0 saturated heterocycles. The monoisotopic (exact) mass is 315 g/mol. The maximum atomic E-state index is 9.52. The van der Waals surface area contributed by atoms with Gasteiger partial charge in [-0.05, 0) is 59.8 Å². The molecule has 0 fully saturated rings. The largest absolute Gasteiger partial charge is 0.396 e. The van der Waals surface area contributed by atoms with Crippen LogP contribution in [0.15, 0.2) is 22.7 Å². The molecule has 0 aliphatic heterocycles. The first-order valence-electron chi connectivity index (χ1n) is 6.35. The lowest BCUT2D eigenvalue weighted by molar-refractivity contribution is 0.199. The van der Waals surface area contributed by atoms with Crippen LogP contribution in [0.4, 0.5) is 5.69 Å². The van der Waals surface area contributed by atoms with Crippen molar-refractivity contribution in [2.24, 2.45) is 0 Å². The van der Waals surface area contributed by atoms with Crippen LogP contribution in [0.2, 0.25) is 0 Å². The third kappa shape index (κ3) is 4.59. The van der Waals surface area contributed by atoms with Crippen LogP contribution in [0.3, 0.4) is 0 Å². The molecule has 2 N–H and O–H groups in total. The van der Waals surface area contributed by atoms with E-state index in [0.29, 0.717) is 0 Å². The maximum absolute atomic E-state index is 9.52. The first kappa shape index (κ1) is 15.5.